The van der Waals surface area contributed by atoms with Gasteiger partial charge in [-0.15, -0.1) is 0 Å². The number of amides is 1. The Labute approximate surface area is 145 Å². The number of carbonyl (C=O) groups is 1. The van der Waals surface area contributed by atoms with Gasteiger partial charge in [0.1, 0.15) is 0 Å². The van der Waals surface area contributed by atoms with Crippen LogP contribution in [0.25, 0.3) is 0 Å². The summed E-state index contributed by atoms with van der Waals surface area (Å²) in [4.78, 5) is 18.0. The van der Waals surface area contributed by atoms with E-state index >= 15 is 0 Å². The number of hydrogen-bond acceptors (Lipinski definition) is 3. The van der Waals surface area contributed by atoms with Crippen LogP contribution in [-0.4, -0.2) is 61.2 Å². The Morgan fingerprint density at radius 1 is 1.25 bits per heavy atom. The highest BCUT2D eigenvalue weighted by atomic mass is 16.5. The lowest BCUT2D eigenvalue weighted by Crippen LogP contribution is -2.68. The molecule has 0 spiro atoms. The number of guanidine groups is 1. The second-order valence-electron chi connectivity index (χ2n) is 7.93. The van der Waals surface area contributed by atoms with Crippen molar-refractivity contribution in [1.29, 1.82) is 0 Å². The van der Waals surface area contributed by atoms with Gasteiger partial charge >= 0.3 is 0 Å². The van der Waals surface area contributed by atoms with Crippen molar-refractivity contribution >= 4 is 11.9 Å². The molecule has 3 atom stereocenters. The van der Waals surface area contributed by atoms with Crippen LogP contribution in [-0.2, 0) is 9.53 Å². The molecular formula is C18H32N4O2. The van der Waals surface area contributed by atoms with E-state index in [0.717, 1.165) is 51.5 Å². The molecule has 6 nitrogen and oxygen atoms in total. The Kier molecular flexibility index (Phi) is 5.04. The number of likely N-dealkylation sites (tertiary alicyclic amines) is 1. The van der Waals surface area contributed by atoms with Crippen molar-refractivity contribution in [3.63, 3.8) is 0 Å². The summed E-state index contributed by atoms with van der Waals surface area (Å²) in [5, 5.41) is 7.27. The number of rotatable bonds is 3. The van der Waals surface area contributed by atoms with Crippen LogP contribution in [0.1, 0.15) is 47.0 Å². The van der Waals surface area contributed by atoms with E-state index in [1.807, 2.05) is 4.90 Å². The third-order valence-electron chi connectivity index (χ3n) is 5.99. The lowest BCUT2D eigenvalue weighted by atomic mass is 9.57. The summed E-state index contributed by atoms with van der Waals surface area (Å²) in [6.07, 6.45) is 3.49. The minimum absolute atomic E-state index is 0.148. The van der Waals surface area contributed by atoms with Crippen LogP contribution in [0.2, 0.25) is 0 Å². The summed E-state index contributed by atoms with van der Waals surface area (Å²) in [7, 11) is 0. The molecule has 3 unspecified atom stereocenters. The molecule has 6 heteroatoms. The normalized spacial score (nSPS) is 32.9. The second kappa shape index (κ2) is 6.90. The van der Waals surface area contributed by atoms with Crippen LogP contribution in [0.15, 0.2) is 4.99 Å². The van der Waals surface area contributed by atoms with E-state index in [1.54, 1.807) is 6.92 Å². The molecule has 0 aromatic carbocycles. The molecule has 2 N–H and O–H groups in total. The average Bonchev–Trinajstić information content (AvgIpc) is 3.00. The van der Waals surface area contributed by atoms with E-state index in [9.17, 15) is 4.79 Å². The van der Waals surface area contributed by atoms with Gasteiger partial charge in [0.05, 0.1) is 6.10 Å². The standard InChI is InChI=1S/C18H32N4O2/c1-5-19-17(20-13-6-9-22(10-7-13)12(2)23)21-15-14-8-11-24-16(14)18(15,3)4/h13-16H,5-11H2,1-4H3,(H2,19,20,21). The minimum atomic E-state index is 0.148. The quantitative estimate of drug-likeness (QED) is 0.603. The van der Waals surface area contributed by atoms with Crippen molar-refractivity contribution in [3.8, 4) is 0 Å². The Morgan fingerprint density at radius 3 is 2.58 bits per heavy atom. The van der Waals surface area contributed by atoms with E-state index in [2.05, 4.69) is 36.4 Å². The lowest BCUT2D eigenvalue weighted by molar-refractivity contribution is -0.129. The summed E-state index contributed by atoms with van der Waals surface area (Å²) in [6.45, 7) is 11.6. The molecule has 0 bridgehead atoms. The van der Waals surface area contributed by atoms with Crippen molar-refractivity contribution < 1.29 is 9.53 Å². The van der Waals surface area contributed by atoms with Gasteiger partial charge < -0.3 is 20.3 Å². The predicted octanol–water partition coefficient (Wildman–Crippen LogP) is 1.37. The maximum Gasteiger partial charge on any atom is 0.219 e. The molecule has 1 saturated carbocycles. The molecule has 24 heavy (non-hydrogen) atoms. The molecule has 136 valence electrons. The topological polar surface area (TPSA) is 66.0 Å². The number of hydrogen-bond donors (Lipinski definition) is 2. The van der Waals surface area contributed by atoms with Gasteiger partial charge in [-0.2, -0.15) is 0 Å². The van der Waals surface area contributed by atoms with E-state index in [-0.39, 0.29) is 11.3 Å². The summed E-state index contributed by atoms with van der Waals surface area (Å²) in [5.74, 6) is 1.70. The van der Waals surface area contributed by atoms with Gasteiger partial charge in [0.25, 0.3) is 0 Å². The molecule has 0 aromatic heterocycles. The van der Waals surface area contributed by atoms with E-state index in [0.29, 0.717) is 24.1 Å². The molecule has 0 radical (unpaired) electrons. The van der Waals surface area contributed by atoms with Crippen molar-refractivity contribution in [3.05, 3.63) is 0 Å². The van der Waals surface area contributed by atoms with Gasteiger partial charge in [0.2, 0.25) is 5.91 Å². The predicted molar refractivity (Wildman–Crippen MR) is 94.9 cm³/mol. The van der Waals surface area contributed by atoms with Crippen LogP contribution in [0.4, 0.5) is 0 Å². The van der Waals surface area contributed by atoms with E-state index in [4.69, 9.17) is 4.74 Å². The molecule has 0 aromatic rings. The molecule has 3 aliphatic rings. The molecule has 2 heterocycles. The smallest absolute Gasteiger partial charge is 0.219 e. The van der Waals surface area contributed by atoms with Crippen molar-refractivity contribution in [2.75, 3.05) is 26.2 Å². The number of ether oxygens (including phenoxy) is 1. The molecule has 1 aliphatic carbocycles. The minimum Gasteiger partial charge on any atom is -0.377 e. The zero-order valence-corrected chi connectivity index (χ0v) is 15.5. The Hall–Kier alpha value is -1.30. The molecule has 3 fully saturated rings. The van der Waals surface area contributed by atoms with Crippen molar-refractivity contribution in [1.82, 2.24) is 15.5 Å². The first-order valence-corrected chi connectivity index (χ1v) is 9.38. The first-order chi connectivity index (χ1) is 11.4. The lowest BCUT2D eigenvalue weighted by Gasteiger charge is -2.55. The molecule has 1 amide bonds. The maximum absolute atomic E-state index is 11.5. The van der Waals surface area contributed by atoms with Gasteiger partial charge in [-0.1, -0.05) is 13.8 Å². The largest absolute Gasteiger partial charge is 0.377 e. The summed E-state index contributed by atoms with van der Waals surface area (Å²) >= 11 is 0. The fourth-order valence-electron chi connectivity index (χ4n) is 4.59. The third-order valence-corrected chi connectivity index (χ3v) is 5.99. The molecule has 2 saturated heterocycles. The highest BCUT2D eigenvalue weighted by Gasteiger charge is 2.59. The van der Waals surface area contributed by atoms with Crippen molar-refractivity contribution in [2.24, 2.45) is 16.3 Å². The Balaban J connectivity index is 1.56. The number of fused-ring (bicyclic) bond motifs is 1. The van der Waals surface area contributed by atoms with Crippen LogP contribution >= 0.6 is 0 Å². The van der Waals surface area contributed by atoms with Crippen LogP contribution in [0.5, 0.6) is 0 Å². The number of carbonyl (C=O) groups excluding carboxylic acids is 1. The second-order valence-corrected chi connectivity index (χ2v) is 7.93. The third kappa shape index (κ3) is 3.25. The highest BCUT2D eigenvalue weighted by Crippen LogP contribution is 2.52. The summed E-state index contributed by atoms with van der Waals surface area (Å²) < 4.78 is 5.89. The Morgan fingerprint density at radius 2 is 1.96 bits per heavy atom. The average molecular weight is 336 g/mol. The van der Waals surface area contributed by atoms with Gasteiger partial charge in [-0.3, -0.25) is 9.79 Å². The summed E-state index contributed by atoms with van der Waals surface area (Å²) in [6, 6.07) is 0.803. The number of nitrogens with one attached hydrogen (secondary N) is 2. The van der Waals surface area contributed by atoms with E-state index in [1.165, 1.54) is 0 Å². The van der Waals surface area contributed by atoms with Gasteiger partial charge in [0.15, 0.2) is 5.96 Å². The Bertz CT molecular complexity index is 497. The van der Waals surface area contributed by atoms with Crippen LogP contribution in [0.3, 0.4) is 0 Å². The molecule has 3 rings (SSSR count). The number of piperidine rings is 1. The SMILES string of the molecule is CCN=C(NC1CCN(C(C)=O)CC1)NC1C2CCOC2C1(C)C. The van der Waals surface area contributed by atoms with Crippen LogP contribution < -0.4 is 10.6 Å². The molecule has 2 aliphatic heterocycles. The molecular weight excluding hydrogens is 304 g/mol. The number of nitrogens with zero attached hydrogens (tertiary/aromatic N) is 2. The zero-order valence-electron chi connectivity index (χ0n) is 15.5. The summed E-state index contributed by atoms with van der Waals surface area (Å²) in [5.41, 5.74) is 0.148. The van der Waals surface area contributed by atoms with Crippen molar-refractivity contribution in [2.45, 2.75) is 65.1 Å². The number of aliphatic imine (C=N–C) groups is 1. The first kappa shape index (κ1) is 17.5. The van der Waals surface area contributed by atoms with Gasteiger partial charge in [0, 0.05) is 56.6 Å². The first-order valence-electron chi connectivity index (χ1n) is 9.38. The van der Waals surface area contributed by atoms with Gasteiger partial charge in [-0.25, -0.2) is 0 Å². The monoisotopic (exact) mass is 336 g/mol. The van der Waals surface area contributed by atoms with Gasteiger partial charge in [-0.05, 0) is 26.2 Å². The zero-order chi connectivity index (χ0) is 17.3. The van der Waals surface area contributed by atoms with E-state index < -0.39 is 0 Å². The maximum atomic E-state index is 11.5. The fraction of sp³-hybridized carbons (Fsp3) is 0.889. The fourth-order valence-corrected chi connectivity index (χ4v) is 4.59. The highest BCUT2D eigenvalue weighted by molar-refractivity contribution is 5.81. The van der Waals surface area contributed by atoms with Crippen LogP contribution in [0, 0.1) is 11.3 Å².